The average molecular weight is 262 g/mol. The molecule has 3 heteroatoms. The molecule has 2 nitrogen and oxygen atoms in total. The molecule has 0 N–H and O–H groups in total. The van der Waals surface area contributed by atoms with E-state index < -0.39 is 10.6 Å². The van der Waals surface area contributed by atoms with Crippen molar-refractivity contribution in [2.45, 2.75) is 16.7 Å². The first kappa shape index (κ1) is 13.1. The van der Waals surface area contributed by atoms with Crippen molar-refractivity contribution in [1.82, 2.24) is 0 Å². The first-order valence-corrected chi connectivity index (χ1v) is 7.27. The second kappa shape index (κ2) is 5.57. The topological polar surface area (TPSA) is 18.5 Å². The van der Waals surface area contributed by atoms with Crippen LogP contribution in [0.4, 0.5) is 0 Å². The maximum Gasteiger partial charge on any atom is 0.0641 e. The summed E-state index contributed by atoms with van der Waals surface area (Å²) in [6.45, 7) is 2.07. The molecular weight excluding hydrogens is 244 g/mol. The van der Waals surface area contributed by atoms with E-state index in [-0.39, 0.29) is 0 Å². The maximum absolute atomic E-state index is 5.76. The zero-order valence-corrected chi connectivity index (χ0v) is 11.7. The van der Waals surface area contributed by atoms with Gasteiger partial charge in [0.25, 0.3) is 0 Å². The SMILES string of the molecule is COS(OC)(c1ccccc1)c1ccc(C)cc1. The molecule has 96 valence electrons. The van der Waals surface area contributed by atoms with Gasteiger partial charge in [-0.3, -0.25) is 8.37 Å². The molecule has 2 aromatic carbocycles. The molecule has 2 aromatic rings. The van der Waals surface area contributed by atoms with E-state index in [0.29, 0.717) is 0 Å². The highest BCUT2D eigenvalue weighted by Crippen LogP contribution is 2.63. The number of benzene rings is 2. The Morgan fingerprint density at radius 2 is 1.22 bits per heavy atom. The molecule has 0 radical (unpaired) electrons. The standard InChI is InChI=1S/C15H18O2S/c1-13-9-11-15(12-10-13)18(16-2,17-3)14-7-5-4-6-8-14/h4-12H,1-3H3. The van der Waals surface area contributed by atoms with Gasteiger partial charge in [0.2, 0.25) is 0 Å². The predicted octanol–water partition coefficient (Wildman–Crippen LogP) is 4.34. The first-order chi connectivity index (χ1) is 8.73. The number of hydrogen-bond acceptors (Lipinski definition) is 2. The largest absolute Gasteiger partial charge is 0.279 e. The molecule has 0 aliphatic rings. The van der Waals surface area contributed by atoms with E-state index in [1.807, 2.05) is 30.3 Å². The van der Waals surface area contributed by atoms with Gasteiger partial charge in [-0.2, -0.15) is 0 Å². The lowest BCUT2D eigenvalue weighted by Gasteiger charge is -2.41. The molecule has 0 fully saturated rings. The van der Waals surface area contributed by atoms with E-state index >= 15 is 0 Å². The van der Waals surface area contributed by atoms with Crippen LogP contribution in [0.3, 0.4) is 0 Å². The Bertz CT molecular complexity index is 490. The highest BCUT2D eigenvalue weighted by Gasteiger charge is 2.24. The molecule has 0 aliphatic carbocycles. The van der Waals surface area contributed by atoms with Crippen molar-refractivity contribution < 1.29 is 8.37 Å². The second-order valence-electron chi connectivity index (χ2n) is 3.96. The van der Waals surface area contributed by atoms with Gasteiger partial charge < -0.3 is 0 Å². The second-order valence-corrected chi connectivity index (χ2v) is 6.58. The molecule has 0 unspecified atom stereocenters. The van der Waals surface area contributed by atoms with Crippen molar-refractivity contribution >= 4 is 10.6 Å². The minimum atomic E-state index is -1.85. The fourth-order valence-corrected chi connectivity index (χ4v) is 4.09. The Morgan fingerprint density at radius 1 is 0.722 bits per heavy atom. The zero-order chi connectivity index (χ0) is 13.0. The van der Waals surface area contributed by atoms with Crippen LogP contribution in [0.5, 0.6) is 0 Å². The van der Waals surface area contributed by atoms with Crippen LogP contribution in [0.15, 0.2) is 64.4 Å². The van der Waals surface area contributed by atoms with Crippen LogP contribution >= 0.6 is 10.6 Å². The summed E-state index contributed by atoms with van der Waals surface area (Å²) in [4.78, 5) is 2.14. The molecular formula is C15H18O2S. The maximum atomic E-state index is 5.76. The van der Waals surface area contributed by atoms with Gasteiger partial charge in [0, 0.05) is 0 Å². The van der Waals surface area contributed by atoms with Crippen LogP contribution in [-0.2, 0) is 8.37 Å². The molecule has 0 aromatic heterocycles. The molecule has 18 heavy (non-hydrogen) atoms. The molecule has 0 atom stereocenters. The van der Waals surface area contributed by atoms with Crippen LogP contribution in [0, 0.1) is 6.92 Å². The van der Waals surface area contributed by atoms with Crippen molar-refractivity contribution in [1.29, 1.82) is 0 Å². The van der Waals surface area contributed by atoms with E-state index in [9.17, 15) is 0 Å². The average Bonchev–Trinajstić information content (AvgIpc) is 2.44. The highest BCUT2D eigenvalue weighted by atomic mass is 32.3. The van der Waals surface area contributed by atoms with Crippen molar-refractivity contribution in [3.8, 4) is 0 Å². The Hall–Kier alpha value is -1.29. The van der Waals surface area contributed by atoms with Crippen LogP contribution in [-0.4, -0.2) is 14.2 Å². The third kappa shape index (κ3) is 2.29. The van der Waals surface area contributed by atoms with Gasteiger partial charge >= 0.3 is 0 Å². The van der Waals surface area contributed by atoms with Gasteiger partial charge in [0.1, 0.15) is 0 Å². The Balaban J connectivity index is 2.54. The number of aryl methyl sites for hydroxylation is 1. The normalized spacial score (nSPS) is 12.4. The van der Waals surface area contributed by atoms with Crippen molar-refractivity contribution in [2.75, 3.05) is 14.2 Å². The van der Waals surface area contributed by atoms with E-state index in [1.165, 1.54) is 5.56 Å². The lowest BCUT2D eigenvalue weighted by atomic mass is 10.2. The zero-order valence-electron chi connectivity index (χ0n) is 10.9. The smallest absolute Gasteiger partial charge is 0.0641 e. The number of hydrogen-bond donors (Lipinski definition) is 0. The molecule has 0 bridgehead atoms. The summed E-state index contributed by atoms with van der Waals surface area (Å²) < 4.78 is 11.5. The van der Waals surface area contributed by atoms with Gasteiger partial charge in [-0.25, -0.2) is 0 Å². The summed E-state index contributed by atoms with van der Waals surface area (Å²) in [6.07, 6.45) is 0. The lowest BCUT2D eigenvalue weighted by Crippen LogP contribution is -2.06. The van der Waals surface area contributed by atoms with E-state index in [4.69, 9.17) is 8.37 Å². The summed E-state index contributed by atoms with van der Waals surface area (Å²) >= 11 is 0. The molecule has 0 amide bonds. The Kier molecular flexibility index (Phi) is 4.07. The van der Waals surface area contributed by atoms with Crippen LogP contribution < -0.4 is 0 Å². The van der Waals surface area contributed by atoms with Gasteiger partial charge in [0.05, 0.1) is 24.0 Å². The minimum Gasteiger partial charge on any atom is -0.279 e. The molecule has 2 rings (SSSR count). The summed E-state index contributed by atoms with van der Waals surface area (Å²) in [5, 5.41) is 0. The fourth-order valence-electron chi connectivity index (χ4n) is 1.91. The van der Waals surface area contributed by atoms with E-state index in [0.717, 1.165) is 9.79 Å². The van der Waals surface area contributed by atoms with Crippen molar-refractivity contribution in [3.63, 3.8) is 0 Å². The minimum absolute atomic E-state index is 1.07. The van der Waals surface area contributed by atoms with Gasteiger partial charge in [-0.05, 0) is 31.2 Å². The quantitative estimate of drug-likeness (QED) is 0.816. The summed E-state index contributed by atoms with van der Waals surface area (Å²) in [5.41, 5.74) is 1.23. The van der Waals surface area contributed by atoms with Crippen LogP contribution in [0.25, 0.3) is 0 Å². The van der Waals surface area contributed by atoms with Gasteiger partial charge in [-0.15, -0.1) is 10.6 Å². The van der Waals surface area contributed by atoms with Crippen molar-refractivity contribution in [3.05, 3.63) is 60.2 Å². The molecule has 0 aliphatic heterocycles. The van der Waals surface area contributed by atoms with Crippen LogP contribution in [0.1, 0.15) is 5.56 Å². The fraction of sp³-hybridized carbons (Fsp3) is 0.200. The van der Waals surface area contributed by atoms with E-state index in [2.05, 4.69) is 31.2 Å². The van der Waals surface area contributed by atoms with Crippen LogP contribution in [0.2, 0.25) is 0 Å². The molecule has 0 heterocycles. The third-order valence-corrected chi connectivity index (χ3v) is 5.58. The van der Waals surface area contributed by atoms with Gasteiger partial charge in [-0.1, -0.05) is 35.9 Å². The lowest BCUT2D eigenvalue weighted by molar-refractivity contribution is 0.346. The van der Waals surface area contributed by atoms with Gasteiger partial charge in [0.15, 0.2) is 0 Å². The number of rotatable bonds is 4. The Labute approximate surface area is 110 Å². The molecule has 0 saturated heterocycles. The summed E-state index contributed by atoms with van der Waals surface area (Å²) in [7, 11) is 1.55. The summed E-state index contributed by atoms with van der Waals surface area (Å²) in [5.74, 6) is 0. The summed E-state index contributed by atoms with van der Waals surface area (Å²) in [6, 6.07) is 18.4. The first-order valence-electron chi connectivity index (χ1n) is 5.79. The predicted molar refractivity (Wildman–Crippen MR) is 75.8 cm³/mol. The molecule has 0 saturated carbocycles. The van der Waals surface area contributed by atoms with Crippen molar-refractivity contribution in [2.24, 2.45) is 0 Å². The Morgan fingerprint density at radius 3 is 1.72 bits per heavy atom. The third-order valence-electron chi connectivity index (χ3n) is 2.85. The molecule has 0 spiro atoms. The monoisotopic (exact) mass is 262 g/mol. The highest BCUT2D eigenvalue weighted by molar-refractivity contribution is 8.26. The van der Waals surface area contributed by atoms with E-state index in [1.54, 1.807) is 14.2 Å².